The van der Waals surface area contributed by atoms with Gasteiger partial charge >= 0.3 is 5.97 Å². The second-order valence-electron chi connectivity index (χ2n) is 6.16. The van der Waals surface area contributed by atoms with Crippen molar-refractivity contribution in [3.63, 3.8) is 0 Å². The molecule has 0 aliphatic carbocycles. The van der Waals surface area contributed by atoms with Crippen molar-refractivity contribution in [2.75, 3.05) is 5.32 Å². The molecule has 0 amide bonds. The molecule has 0 fully saturated rings. The van der Waals surface area contributed by atoms with Crippen LogP contribution in [0.5, 0.6) is 0 Å². The van der Waals surface area contributed by atoms with Crippen LogP contribution < -0.4 is 10.0 Å². The molecular weight excluding hydrogens is 352 g/mol. The van der Waals surface area contributed by atoms with Gasteiger partial charge in [-0.1, -0.05) is 43.7 Å². The van der Waals surface area contributed by atoms with E-state index in [2.05, 4.69) is 10.0 Å². The Morgan fingerprint density at radius 1 is 1.15 bits per heavy atom. The predicted molar refractivity (Wildman–Crippen MR) is 102 cm³/mol. The van der Waals surface area contributed by atoms with E-state index in [0.717, 1.165) is 18.4 Å². The van der Waals surface area contributed by atoms with Crippen LogP contribution in [0.1, 0.15) is 42.6 Å². The Hall–Kier alpha value is -2.38. The predicted octanol–water partition coefficient (Wildman–Crippen LogP) is 3.46. The SMILES string of the molecule is CCC[C@@H](C)Nc1ccc(S(=O)(=O)NCc2ccccc2)cc1C(=O)O. The van der Waals surface area contributed by atoms with Crippen LogP contribution in [-0.2, 0) is 16.6 Å². The second-order valence-corrected chi connectivity index (χ2v) is 7.92. The first-order valence-electron chi connectivity index (χ1n) is 8.51. The van der Waals surface area contributed by atoms with Gasteiger partial charge in [0.1, 0.15) is 0 Å². The van der Waals surface area contributed by atoms with Gasteiger partial charge < -0.3 is 10.4 Å². The number of aromatic carboxylic acids is 1. The third kappa shape index (κ3) is 5.31. The van der Waals surface area contributed by atoms with Crippen molar-refractivity contribution in [3.8, 4) is 0 Å². The van der Waals surface area contributed by atoms with Gasteiger partial charge in [0.2, 0.25) is 10.0 Å². The van der Waals surface area contributed by atoms with Crippen molar-refractivity contribution in [1.82, 2.24) is 4.72 Å². The highest BCUT2D eigenvalue weighted by Gasteiger charge is 2.19. The Morgan fingerprint density at radius 3 is 2.46 bits per heavy atom. The lowest BCUT2D eigenvalue weighted by Crippen LogP contribution is -2.24. The summed E-state index contributed by atoms with van der Waals surface area (Å²) in [5.41, 5.74) is 1.18. The zero-order valence-corrected chi connectivity index (χ0v) is 15.7. The summed E-state index contributed by atoms with van der Waals surface area (Å²) in [6.07, 6.45) is 1.85. The molecule has 2 aromatic carbocycles. The number of hydrogen-bond acceptors (Lipinski definition) is 4. The molecular formula is C19H24N2O4S. The topological polar surface area (TPSA) is 95.5 Å². The Morgan fingerprint density at radius 2 is 1.85 bits per heavy atom. The van der Waals surface area contributed by atoms with E-state index in [4.69, 9.17) is 0 Å². The number of anilines is 1. The summed E-state index contributed by atoms with van der Waals surface area (Å²) >= 11 is 0. The van der Waals surface area contributed by atoms with Gasteiger partial charge in [-0.3, -0.25) is 0 Å². The van der Waals surface area contributed by atoms with Crippen LogP contribution in [-0.4, -0.2) is 25.5 Å². The number of carboxylic acid groups (broad SMARTS) is 1. The first-order valence-corrected chi connectivity index (χ1v) is 9.99. The monoisotopic (exact) mass is 376 g/mol. The van der Waals surface area contributed by atoms with E-state index in [1.165, 1.54) is 18.2 Å². The van der Waals surface area contributed by atoms with E-state index in [1.807, 2.05) is 44.2 Å². The number of carboxylic acids is 1. The number of hydrogen-bond donors (Lipinski definition) is 3. The molecule has 0 aliphatic heterocycles. The third-order valence-electron chi connectivity index (χ3n) is 3.96. The molecule has 6 nitrogen and oxygen atoms in total. The normalized spacial score (nSPS) is 12.5. The standard InChI is InChI=1S/C19H24N2O4S/c1-3-7-14(2)21-18-11-10-16(12-17(18)19(22)23)26(24,25)20-13-15-8-5-4-6-9-15/h4-6,8-12,14,20-21H,3,7,13H2,1-2H3,(H,22,23)/t14-/m1/s1. The van der Waals surface area contributed by atoms with Crippen molar-refractivity contribution in [3.05, 3.63) is 59.7 Å². The average Bonchev–Trinajstić information content (AvgIpc) is 2.61. The van der Waals surface area contributed by atoms with Crippen molar-refractivity contribution < 1.29 is 18.3 Å². The molecule has 0 aliphatic rings. The number of sulfonamides is 1. The Labute approximate surface area is 154 Å². The molecule has 140 valence electrons. The highest BCUT2D eigenvalue weighted by atomic mass is 32.2. The smallest absolute Gasteiger partial charge is 0.337 e. The molecule has 0 aromatic heterocycles. The quantitative estimate of drug-likeness (QED) is 0.623. The van der Waals surface area contributed by atoms with Crippen LogP contribution in [0.3, 0.4) is 0 Å². The maximum atomic E-state index is 12.5. The number of nitrogens with one attached hydrogen (secondary N) is 2. The van der Waals surface area contributed by atoms with Gasteiger partial charge in [-0.05, 0) is 37.1 Å². The minimum absolute atomic E-state index is 0.0597. The summed E-state index contributed by atoms with van der Waals surface area (Å²) in [5.74, 6) is -1.17. The molecule has 2 aromatic rings. The van der Waals surface area contributed by atoms with E-state index < -0.39 is 16.0 Å². The van der Waals surface area contributed by atoms with Crippen molar-refractivity contribution in [2.45, 2.75) is 44.2 Å². The largest absolute Gasteiger partial charge is 0.478 e. The van der Waals surface area contributed by atoms with E-state index in [9.17, 15) is 18.3 Å². The molecule has 7 heteroatoms. The molecule has 0 saturated carbocycles. The summed E-state index contributed by atoms with van der Waals surface area (Å²) in [7, 11) is -3.81. The van der Waals surface area contributed by atoms with Crippen LogP contribution in [0.15, 0.2) is 53.4 Å². The van der Waals surface area contributed by atoms with Crippen molar-refractivity contribution >= 4 is 21.7 Å². The molecule has 0 unspecified atom stereocenters. The number of rotatable bonds is 9. The highest BCUT2D eigenvalue weighted by molar-refractivity contribution is 7.89. The number of benzene rings is 2. The molecule has 3 N–H and O–H groups in total. The maximum Gasteiger partial charge on any atom is 0.337 e. The lowest BCUT2D eigenvalue weighted by atomic mass is 10.1. The van der Waals surface area contributed by atoms with Crippen LogP contribution in [0.4, 0.5) is 5.69 Å². The van der Waals surface area contributed by atoms with Crippen LogP contribution >= 0.6 is 0 Å². The summed E-state index contributed by atoms with van der Waals surface area (Å²) in [4.78, 5) is 11.5. The zero-order valence-electron chi connectivity index (χ0n) is 14.9. The summed E-state index contributed by atoms with van der Waals surface area (Å²) in [6.45, 7) is 4.14. The minimum atomic E-state index is -3.81. The van der Waals surface area contributed by atoms with Crippen LogP contribution in [0.2, 0.25) is 0 Å². The minimum Gasteiger partial charge on any atom is -0.478 e. The molecule has 26 heavy (non-hydrogen) atoms. The Bertz CT molecular complexity index is 851. The van der Waals surface area contributed by atoms with Gasteiger partial charge in [0, 0.05) is 18.3 Å². The second kappa shape index (κ2) is 8.82. The van der Waals surface area contributed by atoms with Crippen LogP contribution in [0, 0.1) is 0 Å². The molecule has 2 rings (SSSR count). The first-order chi connectivity index (χ1) is 12.3. The third-order valence-corrected chi connectivity index (χ3v) is 5.36. The fraction of sp³-hybridized carbons (Fsp3) is 0.316. The number of carbonyl (C=O) groups is 1. The van der Waals surface area contributed by atoms with Crippen LogP contribution in [0.25, 0.3) is 0 Å². The Kier molecular flexibility index (Phi) is 6.76. The highest BCUT2D eigenvalue weighted by Crippen LogP contribution is 2.22. The van der Waals surface area contributed by atoms with Gasteiger partial charge in [0.25, 0.3) is 0 Å². The molecule has 0 bridgehead atoms. The molecule has 1 atom stereocenters. The van der Waals surface area contributed by atoms with E-state index in [1.54, 1.807) is 0 Å². The van der Waals surface area contributed by atoms with Gasteiger partial charge in [0.15, 0.2) is 0 Å². The molecule has 0 spiro atoms. The maximum absolute atomic E-state index is 12.5. The van der Waals surface area contributed by atoms with Gasteiger partial charge in [-0.2, -0.15) is 0 Å². The Balaban J connectivity index is 2.23. The zero-order chi connectivity index (χ0) is 19.2. The summed E-state index contributed by atoms with van der Waals surface area (Å²) in [5, 5.41) is 12.6. The van der Waals surface area contributed by atoms with Gasteiger partial charge in [0.05, 0.1) is 10.5 Å². The summed E-state index contributed by atoms with van der Waals surface area (Å²) < 4.78 is 27.5. The van der Waals surface area contributed by atoms with Gasteiger partial charge in [-0.25, -0.2) is 17.9 Å². The van der Waals surface area contributed by atoms with Crippen molar-refractivity contribution in [2.24, 2.45) is 0 Å². The first kappa shape index (κ1) is 19.9. The van der Waals surface area contributed by atoms with E-state index >= 15 is 0 Å². The lowest BCUT2D eigenvalue weighted by molar-refractivity contribution is 0.0697. The molecule has 0 radical (unpaired) electrons. The average molecular weight is 376 g/mol. The molecule has 0 saturated heterocycles. The summed E-state index contributed by atoms with van der Waals surface area (Å²) in [6, 6.07) is 13.3. The fourth-order valence-corrected chi connectivity index (χ4v) is 3.67. The van der Waals surface area contributed by atoms with Crippen molar-refractivity contribution in [1.29, 1.82) is 0 Å². The van der Waals surface area contributed by atoms with E-state index in [-0.39, 0.29) is 23.0 Å². The fourth-order valence-electron chi connectivity index (χ4n) is 2.62. The van der Waals surface area contributed by atoms with E-state index in [0.29, 0.717) is 5.69 Å². The molecule has 0 heterocycles. The lowest BCUT2D eigenvalue weighted by Gasteiger charge is -2.17. The van der Waals surface area contributed by atoms with Gasteiger partial charge in [-0.15, -0.1) is 0 Å².